The van der Waals surface area contributed by atoms with E-state index in [0.717, 1.165) is 24.1 Å². The van der Waals surface area contributed by atoms with Crippen LogP contribution in [0.4, 0.5) is 5.69 Å². The first-order valence-corrected chi connectivity index (χ1v) is 8.71. The third kappa shape index (κ3) is 2.62. The number of anilines is 1. The fraction of sp³-hybridized carbons (Fsp3) is 0.500. The summed E-state index contributed by atoms with van der Waals surface area (Å²) in [7, 11) is 0. The van der Waals surface area contributed by atoms with Crippen LogP contribution < -0.4 is 13.7 Å². The molecule has 0 fully saturated rings. The molecule has 0 spiro atoms. The van der Waals surface area contributed by atoms with Crippen molar-refractivity contribution in [3.63, 3.8) is 0 Å². The van der Waals surface area contributed by atoms with Crippen molar-refractivity contribution >= 4 is 40.4 Å². The second-order valence-electron chi connectivity index (χ2n) is 6.22. The van der Waals surface area contributed by atoms with E-state index in [0.29, 0.717) is 6.42 Å². The normalized spacial score (nSPS) is 23.5. The van der Waals surface area contributed by atoms with Gasteiger partial charge in [0.2, 0.25) is 5.91 Å². The third-order valence-corrected chi connectivity index (χ3v) is 4.87. The number of carbonyl (C=O) groups excluding carboxylic acids is 2. The number of hydrogen-bond donors (Lipinski definition) is 2. The number of aryl methyl sites for hydroxylation is 1. The molecule has 0 bridgehead atoms. The number of hydrogen-bond acceptors (Lipinski definition) is 3. The van der Waals surface area contributed by atoms with Gasteiger partial charge in [0.05, 0.1) is 34.6 Å². The summed E-state index contributed by atoms with van der Waals surface area (Å²) in [5, 5.41) is 3.35. The van der Waals surface area contributed by atoms with Crippen molar-refractivity contribution in [1.82, 2.24) is 8.85 Å². The van der Waals surface area contributed by atoms with Crippen LogP contribution in [0.1, 0.15) is 31.4 Å². The fourth-order valence-electron chi connectivity index (χ4n) is 3.46. The van der Waals surface area contributed by atoms with Crippen molar-refractivity contribution in [2.24, 2.45) is 0 Å². The standard InChI is InChI=1S/C16H20IN3O2/c1-9(2)18-12-7-6-10-4-3-5-11-8-13(15(21)19-17)20(14(10)11)16(12)22/h3-5,9,12-13,18H,6-8H2,1-2H3,(H,19,21)/t12-,13+/m1/s1. The second-order valence-corrected chi connectivity index (χ2v) is 6.76. The van der Waals surface area contributed by atoms with E-state index in [4.69, 9.17) is 0 Å². The molecule has 3 rings (SSSR count). The summed E-state index contributed by atoms with van der Waals surface area (Å²) in [5.74, 6) is -0.0938. The lowest BCUT2D eigenvalue weighted by Crippen LogP contribution is -2.53. The van der Waals surface area contributed by atoms with Gasteiger partial charge in [-0.05, 0) is 24.0 Å². The summed E-state index contributed by atoms with van der Waals surface area (Å²) in [6, 6.07) is 5.68. The highest BCUT2D eigenvalue weighted by molar-refractivity contribution is 14.1. The molecule has 0 saturated carbocycles. The van der Waals surface area contributed by atoms with E-state index < -0.39 is 6.04 Å². The Morgan fingerprint density at radius 3 is 2.77 bits per heavy atom. The van der Waals surface area contributed by atoms with Gasteiger partial charge in [-0.15, -0.1) is 0 Å². The average molecular weight is 413 g/mol. The van der Waals surface area contributed by atoms with Gasteiger partial charge in [0.25, 0.3) is 5.91 Å². The molecule has 1 aromatic rings. The highest BCUT2D eigenvalue weighted by Crippen LogP contribution is 2.39. The van der Waals surface area contributed by atoms with Crippen LogP contribution in [0.2, 0.25) is 0 Å². The van der Waals surface area contributed by atoms with E-state index in [1.54, 1.807) is 4.90 Å². The number of para-hydroxylation sites is 1. The molecule has 0 aromatic heterocycles. The number of halogens is 1. The molecule has 0 saturated heterocycles. The number of nitrogens with one attached hydrogen (secondary N) is 2. The molecule has 118 valence electrons. The van der Waals surface area contributed by atoms with E-state index in [-0.39, 0.29) is 23.9 Å². The molecule has 2 aliphatic heterocycles. The Morgan fingerprint density at radius 2 is 2.09 bits per heavy atom. The van der Waals surface area contributed by atoms with Gasteiger partial charge in [0.1, 0.15) is 6.04 Å². The van der Waals surface area contributed by atoms with Gasteiger partial charge < -0.3 is 5.32 Å². The van der Waals surface area contributed by atoms with Crippen LogP contribution in [0.5, 0.6) is 0 Å². The highest BCUT2D eigenvalue weighted by Gasteiger charge is 2.43. The van der Waals surface area contributed by atoms with Gasteiger partial charge in [-0.1, -0.05) is 32.0 Å². The number of carbonyl (C=O) groups is 2. The van der Waals surface area contributed by atoms with Crippen molar-refractivity contribution in [3.8, 4) is 0 Å². The minimum atomic E-state index is -0.435. The minimum Gasteiger partial charge on any atom is -0.304 e. The van der Waals surface area contributed by atoms with E-state index >= 15 is 0 Å². The Balaban J connectivity index is 2.03. The molecule has 6 heteroatoms. The first-order valence-electron chi connectivity index (χ1n) is 7.63. The van der Waals surface area contributed by atoms with Gasteiger partial charge >= 0.3 is 0 Å². The van der Waals surface area contributed by atoms with Crippen molar-refractivity contribution in [1.29, 1.82) is 0 Å². The molecule has 2 aliphatic rings. The zero-order valence-electron chi connectivity index (χ0n) is 12.7. The molecule has 2 N–H and O–H groups in total. The molecule has 5 nitrogen and oxygen atoms in total. The number of amides is 2. The molecule has 22 heavy (non-hydrogen) atoms. The lowest BCUT2D eigenvalue weighted by atomic mass is 10.0. The summed E-state index contributed by atoms with van der Waals surface area (Å²) in [6.45, 7) is 4.07. The molecule has 2 atom stereocenters. The van der Waals surface area contributed by atoms with Gasteiger partial charge in [0.15, 0.2) is 0 Å². The second kappa shape index (κ2) is 6.16. The van der Waals surface area contributed by atoms with Crippen LogP contribution >= 0.6 is 22.9 Å². The Bertz CT molecular complexity index is 617. The van der Waals surface area contributed by atoms with Crippen molar-refractivity contribution in [2.45, 2.75) is 51.2 Å². The predicted molar refractivity (Wildman–Crippen MR) is 94.0 cm³/mol. The molecule has 1 aromatic carbocycles. The molecule has 0 aliphatic carbocycles. The maximum atomic E-state index is 13.0. The SMILES string of the molecule is CC(C)N[C@@H]1CCc2cccc3c2N(C1=O)[C@H](C(=O)NI)C3. The number of benzene rings is 1. The van der Waals surface area contributed by atoms with Crippen LogP contribution in [0.15, 0.2) is 18.2 Å². The monoisotopic (exact) mass is 413 g/mol. The number of nitrogens with zero attached hydrogens (tertiary/aromatic N) is 1. The summed E-state index contributed by atoms with van der Waals surface area (Å²) in [4.78, 5) is 27.0. The summed E-state index contributed by atoms with van der Waals surface area (Å²) in [6.07, 6.45) is 2.22. The predicted octanol–water partition coefficient (Wildman–Crippen LogP) is 1.72. The lowest BCUT2D eigenvalue weighted by Gasteiger charge is -2.28. The zero-order valence-corrected chi connectivity index (χ0v) is 14.9. The highest BCUT2D eigenvalue weighted by atomic mass is 127. The Labute approximate surface area is 144 Å². The minimum absolute atomic E-state index is 0.0161. The van der Waals surface area contributed by atoms with E-state index in [2.05, 4.69) is 14.9 Å². The van der Waals surface area contributed by atoms with Crippen LogP contribution in [-0.2, 0) is 22.4 Å². The Kier molecular flexibility index (Phi) is 4.40. The van der Waals surface area contributed by atoms with Gasteiger partial charge in [-0.25, -0.2) is 0 Å². The number of rotatable bonds is 3. The van der Waals surface area contributed by atoms with E-state index in [1.807, 2.05) is 48.8 Å². The third-order valence-electron chi connectivity index (χ3n) is 4.34. The van der Waals surface area contributed by atoms with Crippen molar-refractivity contribution < 1.29 is 9.59 Å². The lowest BCUT2D eigenvalue weighted by molar-refractivity contribution is -0.125. The quantitative estimate of drug-likeness (QED) is 0.586. The maximum Gasteiger partial charge on any atom is 0.252 e. The molecule has 2 heterocycles. The van der Waals surface area contributed by atoms with Crippen LogP contribution in [0.25, 0.3) is 0 Å². The van der Waals surface area contributed by atoms with Crippen molar-refractivity contribution in [2.75, 3.05) is 4.90 Å². The first kappa shape index (κ1) is 15.7. The van der Waals surface area contributed by atoms with Crippen molar-refractivity contribution in [3.05, 3.63) is 29.3 Å². The van der Waals surface area contributed by atoms with Gasteiger partial charge in [0, 0.05) is 12.5 Å². The fourth-order valence-corrected chi connectivity index (χ4v) is 3.82. The first-order chi connectivity index (χ1) is 10.5. The molecule has 0 radical (unpaired) electrons. The zero-order chi connectivity index (χ0) is 15.9. The average Bonchev–Trinajstić information content (AvgIpc) is 2.83. The summed E-state index contributed by atoms with van der Waals surface area (Å²) >= 11 is 1.84. The Hall–Kier alpha value is -1.15. The van der Waals surface area contributed by atoms with Crippen LogP contribution in [-0.4, -0.2) is 29.9 Å². The molecular weight excluding hydrogens is 393 g/mol. The largest absolute Gasteiger partial charge is 0.304 e. The summed E-state index contributed by atoms with van der Waals surface area (Å²) < 4.78 is 2.66. The molecule has 0 unspecified atom stereocenters. The maximum absolute atomic E-state index is 13.0. The van der Waals surface area contributed by atoms with E-state index in [1.165, 1.54) is 5.56 Å². The smallest absolute Gasteiger partial charge is 0.252 e. The van der Waals surface area contributed by atoms with Crippen LogP contribution in [0.3, 0.4) is 0 Å². The van der Waals surface area contributed by atoms with Gasteiger partial charge in [-0.2, -0.15) is 0 Å². The Morgan fingerprint density at radius 1 is 1.36 bits per heavy atom. The van der Waals surface area contributed by atoms with Crippen LogP contribution in [0, 0.1) is 0 Å². The van der Waals surface area contributed by atoms with Gasteiger partial charge in [-0.3, -0.25) is 18.0 Å². The summed E-state index contributed by atoms with van der Waals surface area (Å²) in [5.41, 5.74) is 3.23. The van der Waals surface area contributed by atoms with E-state index in [9.17, 15) is 9.59 Å². The topological polar surface area (TPSA) is 61.4 Å². The molecule has 2 amide bonds. The molecular formula is C16H20IN3O2.